The van der Waals surface area contributed by atoms with Gasteiger partial charge in [0.05, 0.1) is 0 Å². The molecular formula is C15H24. The first-order valence-corrected chi connectivity index (χ1v) is 6.30. The minimum atomic E-state index is 0.427. The Morgan fingerprint density at radius 2 is 2.13 bits per heavy atom. The molecule has 2 aliphatic rings. The van der Waals surface area contributed by atoms with E-state index in [1.54, 1.807) is 5.57 Å². The van der Waals surface area contributed by atoms with Crippen molar-refractivity contribution in [1.82, 2.24) is 0 Å². The Morgan fingerprint density at radius 1 is 1.47 bits per heavy atom. The fourth-order valence-electron chi connectivity index (χ4n) is 3.90. The molecule has 0 aromatic heterocycles. The van der Waals surface area contributed by atoms with Gasteiger partial charge in [-0.3, -0.25) is 0 Å². The van der Waals surface area contributed by atoms with Crippen LogP contribution in [0.4, 0.5) is 0 Å². The lowest BCUT2D eigenvalue weighted by molar-refractivity contribution is 0.0708. The normalized spacial score (nSPS) is 44.8. The molecule has 2 aliphatic carbocycles. The number of hydrogen-bond acceptors (Lipinski definition) is 0. The molecule has 2 rings (SSSR count). The Labute approximate surface area is 94.5 Å². The molecule has 0 nitrogen and oxygen atoms in total. The summed E-state index contributed by atoms with van der Waals surface area (Å²) in [6.45, 7) is 13.7. The van der Waals surface area contributed by atoms with Gasteiger partial charge < -0.3 is 0 Å². The van der Waals surface area contributed by atoms with Gasteiger partial charge in [0.1, 0.15) is 0 Å². The lowest BCUT2D eigenvalue weighted by atomic mass is 9.53. The monoisotopic (exact) mass is 204 g/mol. The van der Waals surface area contributed by atoms with Crippen LogP contribution in [0.2, 0.25) is 0 Å². The second-order valence-corrected chi connectivity index (χ2v) is 6.01. The van der Waals surface area contributed by atoms with E-state index in [1.807, 2.05) is 0 Å². The van der Waals surface area contributed by atoms with Crippen LogP contribution in [0.5, 0.6) is 0 Å². The van der Waals surface area contributed by atoms with Gasteiger partial charge in [-0.15, -0.1) is 0 Å². The van der Waals surface area contributed by atoms with Crippen LogP contribution in [-0.2, 0) is 0 Å². The molecule has 0 N–H and O–H groups in total. The molecule has 0 radical (unpaired) electrons. The van der Waals surface area contributed by atoms with Crippen molar-refractivity contribution in [2.45, 2.75) is 47.0 Å². The quantitative estimate of drug-likeness (QED) is 0.548. The highest BCUT2D eigenvalue weighted by molar-refractivity contribution is 5.24. The lowest BCUT2D eigenvalue weighted by Crippen LogP contribution is -2.42. The average molecular weight is 204 g/mol. The van der Waals surface area contributed by atoms with Crippen molar-refractivity contribution in [3.63, 3.8) is 0 Å². The van der Waals surface area contributed by atoms with Crippen molar-refractivity contribution >= 4 is 0 Å². The molecule has 0 heterocycles. The molecule has 4 atom stereocenters. The molecule has 4 unspecified atom stereocenters. The van der Waals surface area contributed by atoms with Gasteiger partial charge in [0.2, 0.25) is 0 Å². The molecule has 0 saturated heterocycles. The van der Waals surface area contributed by atoms with Crippen LogP contribution >= 0.6 is 0 Å². The van der Waals surface area contributed by atoms with Gasteiger partial charge in [-0.05, 0) is 56.3 Å². The van der Waals surface area contributed by atoms with E-state index < -0.39 is 0 Å². The minimum Gasteiger partial charge on any atom is -0.0996 e. The number of hydrogen-bond donors (Lipinski definition) is 0. The summed E-state index contributed by atoms with van der Waals surface area (Å²) in [5.74, 6) is 2.50. The number of rotatable bonds is 1. The van der Waals surface area contributed by atoms with E-state index >= 15 is 0 Å². The van der Waals surface area contributed by atoms with Gasteiger partial charge in [-0.25, -0.2) is 0 Å². The van der Waals surface area contributed by atoms with E-state index in [0.29, 0.717) is 5.41 Å². The summed E-state index contributed by atoms with van der Waals surface area (Å²) in [5.41, 5.74) is 3.47. The molecule has 2 bridgehead atoms. The molecule has 84 valence electrons. The molecule has 0 aromatic rings. The summed E-state index contributed by atoms with van der Waals surface area (Å²) in [6, 6.07) is 0. The Bertz CT molecular complexity index is 310. The van der Waals surface area contributed by atoms with Crippen LogP contribution in [-0.4, -0.2) is 0 Å². The maximum absolute atomic E-state index is 4.26. The second kappa shape index (κ2) is 3.50. The van der Waals surface area contributed by atoms with Crippen molar-refractivity contribution in [3.8, 4) is 0 Å². The number of fused-ring (bicyclic) bond motifs is 2. The fourth-order valence-corrected chi connectivity index (χ4v) is 3.90. The Morgan fingerprint density at radius 3 is 2.73 bits per heavy atom. The van der Waals surface area contributed by atoms with E-state index in [9.17, 15) is 0 Å². The second-order valence-electron chi connectivity index (χ2n) is 6.01. The third-order valence-corrected chi connectivity index (χ3v) is 5.16. The maximum Gasteiger partial charge on any atom is -0.00275 e. The van der Waals surface area contributed by atoms with E-state index in [-0.39, 0.29) is 0 Å². The molecule has 1 saturated carbocycles. The van der Waals surface area contributed by atoms with Crippen LogP contribution < -0.4 is 0 Å². The highest BCUT2D eigenvalue weighted by Crippen LogP contribution is 2.56. The Balaban J connectivity index is 2.39. The van der Waals surface area contributed by atoms with Crippen molar-refractivity contribution in [2.24, 2.45) is 23.2 Å². The molecule has 1 fully saturated rings. The minimum absolute atomic E-state index is 0.427. The van der Waals surface area contributed by atoms with Crippen molar-refractivity contribution in [3.05, 3.63) is 23.8 Å². The first-order chi connectivity index (χ1) is 6.97. The summed E-state index contributed by atoms with van der Waals surface area (Å²) in [5, 5.41) is 0. The summed E-state index contributed by atoms with van der Waals surface area (Å²) in [7, 11) is 0. The van der Waals surface area contributed by atoms with Gasteiger partial charge in [0.15, 0.2) is 0 Å². The predicted octanol–water partition coefficient (Wildman–Crippen LogP) is 4.58. The van der Waals surface area contributed by atoms with Crippen LogP contribution in [0.3, 0.4) is 0 Å². The van der Waals surface area contributed by atoms with Crippen LogP contribution in [0.1, 0.15) is 47.0 Å². The Kier molecular flexibility index (Phi) is 2.56. The SMILES string of the molecule is C=C(C)C12CC=C(C)C(C1)C(C)CC2C. The summed E-state index contributed by atoms with van der Waals surface area (Å²) in [6.07, 6.45) is 6.45. The summed E-state index contributed by atoms with van der Waals surface area (Å²) >= 11 is 0. The smallest absolute Gasteiger partial charge is 0.00275 e. The first-order valence-electron chi connectivity index (χ1n) is 6.30. The molecule has 0 spiro atoms. The highest BCUT2D eigenvalue weighted by Gasteiger charge is 2.46. The van der Waals surface area contributed by atoms with Gasteiger partial charge in [-0.1, -0.05) is 37.6 Å². The number of allylic oxidation sites excluding steroid dienone is 3. The van der Waals surface area contributed by atoms with E-state index in [0.717, 1.165) is 17.8 Å². The third kappa shape index (κ3) is 1.49. The van der Waals surface area contributed by atoms with Crippen molar-refractivity contribution in [1.29, 1.82) is 0 Å². The van der Waals surface area contributed by atoms with Gasteiger partial charge in [-0.2, -0.15) is 0 Å². The van der Waals surface area contributed by atoms with Crippen molar-refractivity contribution in [2.75, 3.05) is 0 Å². The van der Waals surface area contributed by atoms with Gasteiger partial charge in [0, 0.05) is 0 Å². The van der Waals surface area contributed by atoms with Crippen molar-refractivity contribution < 1.29 is 0 Å². The average Bonchev–Trinajstić information content (AvgIpc) is 2.16. The first kappa shape index (κ1) is 11.0. The Hall–Kier alpha value is -0.520. The van der Waals surface area contributed by atoms with E-state index in [1.165, 1.54) is 24.8 Å². The van der Waals surface area contributed by atoms with Gasteiger partial charge in [0.25, 0.3) is 0 Å². The predicted molar refractivity (Wildman–Crippen MR) is 66.7 cm³/mol. The zero-order chi connectivity index (χ0) is 11.2. The maximum atomic E-state index is 4.26. The van der Waals surface area contributed by atoms with E-state index in [4.69, 9.17) is 0 Å². The van der Waals surface area contributed by atoms with Gasteiger partial charge >= 0.3 is 0 Å². The summed E-state index contributed by atoms with van der Waals surface area (Å²) in [4.78, 5) is 0. The highest BCUT2D eigenvalue weighted by atomic mass is 14.5. The summed E-state index contributed by atoms with van der Waals surface area (Å²) < 4.78 is 0. The lowest BCUT2D eigenvalue weighted by Gasteiger charge is -2.52. The third-order valence-electron chi connectivity index (χ3n) is 5.16. The molecule has 0 aromatic carbocycles. The molecule has 0 aliphatic heterocycles. The molecular weight excluding hydrogens is 180 g/mol. The van der Waals surface area contributed by atoms with Crippen LogP contribution in [0, 0.1) is 23.2 Å². The topological polar surface area (TPSA) is 0 Å². The molecule has 0 amide bonds. The van der Waals surface area contributed by atoms with Crippen LogP contribution in [0.25, 0.3) is 0 Å². The van der Waals surface area contributed by atoms with E-state index in [2.05, 4.69) is 40.3 Å². The van der Waals surface area contributed by atoms with Crippen LogP contribution in [0.15, 0.2) is 23.8 Å². The standard InChI is InChI=1S/C15H24/c1-10(2)15-7-6-11(3)14(9-15)12(4)8-13(15)5/h6,12-14H,1,7-9H2,2-5H3. The molecule has 0 heteroatoms. The largest absolute Gasteiger partial charge is 0.0996 e. The molecule has 15 heavy (non-hydrogen) atoms. The zero-order valence-corrected chi connectivity index (χ0v) is 10.6. The fraction of sp³-hybridized carbons (Fsp3) is 0.733. The zero-order valence-electron chi connectivity index (χ0n) is 10.6.